The van der Waals surface area contributed by atoms with Crippen molar-refractivity contribution in [2.45, 2.75) is 25.2 Å². The molecule has 2 aliphatic heterocycles. The lowest BCUT2D eigenvalue weighted by molar-refractivity contribution is -0.0605. The molecule has 0 bridgehead atoms. The normalized spacial score (nSPS) is 21.2. The Morgan fingerprint density at radius 1 is 1.19 bits per heavy atom. The van der Waals surface area contributed by atoms with E-state index in [4.69, 9.17) is 18.9 Å². The number of nitrogens with zero attached hydrogens (tertiary/aromatic N) is 4. The molecule has 0 unspecified atom stereocenters. The Balaban J connectivity index is 1.61. The highest BCUT2D eigenvalue weighted by Crippen LogP contribution is 2.39. The van der Waals surface area contributed by atoms with Gasteiger partial charge in [0, 0.05) is 18.7 Å². The van der Waals surface area contributed by atoms with E-state index in [1.54, 1.807) is 18.3 Å². The first-order chi connectivity index (χ1) is 13.2. The summed E-state index contributed by atoms with van der Waals surface area (Å²) in [5.41, 5.74) is 1.41. The molecular formula is C18H22N4O5. The van der Waals surface area contributed by atoms with Crippen LogP contribution in [0, 0.1) is 0 Å². The second-order valence-electron chi connectivity index (χ2n) is 6.54. The Bertz CT molecular complexity index is 827. The third-order valence-corrected chi connectivity index (χ3v) is 5.13. The fourth-order valence-corrected chi connectivity index (χ4v) is 3.75. The fraction of sp³-hybridized carbons (Fsp3) is 0.500. The van der Waals surface area contributed by atoms with Gasteiger partial charge in [0.1, 0.15) is 0 Å². The third-order valence-electron chi connectivity index (χ3n) is 5.13. The van der Waals surface area contributed by atoms with Gasteiger partial charge in [-0.05, 0) is 18.6 Å². The number of benzene rings is 1. The number of piperidine rings is 1. The molecule has 1 fully saturated rings. The molecule has 9 nitrogen and oxygen atoms in total. The van der Waals surface area contributed by atoms with Crippen molar-refractivity contribution in [1.82, 2.24) is 19.9 Å². The molecule has 9 heteroatoms. The van der Waals surface area contributed by atoms with E-state index in [0.29, 0.717) is 42.5 Å². The zero-order valence-corrected chi connectivity index (χ0v) is 15.5. The summed E-state index contributed by atoms with van der Waals surface area (Å²) in [4.78, 5) is 15.0. The Morgan fingerprint density at radius 2 is 1.93 bits per heavy atom. The van der Waals surface area contributed by atoms with E-state index in [-0.39, 0.29) is 18.1 Å². The van der Waals surface area contributed by atoms with Gasteiger partial charge in [0.2, 0.25) is 5.75 Å². The Labute approximate surface area is 156 Å². The number of carbonyl (C=O) groups is 1. The highest BCUT2D eigenvalue weighted by Gasteiger charge is 2.38. The minimum Gasteiger partial charge on any atom is -0.493 e. The summed E-state index contributed by atoms with van der Waals surface area (Å²) >= 11 is 0. The van der Waals surface area contributed by atoms with Gasteiger partial charge in [-0.15, -0.1) is 5.10 Å². The van der Waals surface area contributed by atoms with Crippen molar-refractivity contribution in [1.29, 1.82) is 0 Å². The minimum atomic E-state index is -0.0973. The molecule has 1 saturated heterocycles. The second kappa shape index (κ2) is 7.07. The number of fused-ring (bicyclic) bond motifs is 3. The Morgan fingerprint density at radius 3 is 2.59 bits per heavy atom. The largest absolute Gasteiger partial charge is 0.493 e. The van der Waals surface area contributed by atoms with Gasteiger partial charge in [-0.25, -0.2) is 4.68 Å². The summed E-state index contributed by atoms with van der Waals surface area (Å²) in [5.74, 6) is 1.27. The van der Waals surface area contributed by atoms with Crippen LogP contribution >= 0.6 is 0 Å². The smallest absolute Gasteiger partial charge is 0.254 e. The zero-order chi connectivity index (χ0) is 19.0. The van der Waals surface area contributed by atoms with E-state index in [0.717, 1.165) is 12.1 Å². The summed E-state index contributed by atoms with van der Waals surface area (Å²) in [6.45, 7) is 1.63. The predicted octanol–water partition coefficient (Wildman–Crippen LogP) is 1.29. The highest BCUT2D eigenvalue weighted by atomic mass is 16.5. The van der Waals surface area contributed by atoms with Crippen LogP contribution in [0.4, 0.5) is 0 Å². The Hall–Kier alpha value is -2.81. The molecule has 2 atom stereocenters. The van der Waals surface area contributed by atoms with Crippen molar-refractivity contribution in [2.75, 3.05) is 34.4 Å². The lowest BCUT2D eigenvalue weighted by Crippen LogP contribution is -2.49. The molecule has 27 heavy (non-hydrogen) atoms. The molecule has 144 valence electrons. The van der Waals surface area contributed by atoms with Crippen LogP contribution in [-0.2, 0) is 11.3 Å². The van der Waals surface area contributed by atoms with E-state index in [1.807, 2.05) is 9.58 Å². The zero-order valence-electron chi connectivity index (χ0n) is 15.5. The van der Waals surface area contributed by atoms with Gasteiger partial charge >= 0.3 is 0 Å². The summed E-state index contributed by atoms with van der Waals surface area (Å²) < 4.78 is 23.8. The third kappa shape index (κ3) is 2.97. The lowest BCUT2D eigenvalue weighted by atomic mass is 9.99. The van der Waals surface area contributed by atoms with Gasteiger partial charge in [-0.1, -0.05) is 5.21 Å². The molecule has 0 N–H and O–H groups in total. The lowest BCUT2D eigenvalue weighted by Gasteiger charge is -2.41. The van der Waals surface area contributed by atoms with Crippen LogP contribution in [0.15, 0.2) is 18.3 Å². The second-order valence-corrected chi connectivity index (χ2v) is 6.54. The average Bonchev–Trinajstić information content (AvgIpc) is 3.21. The van der Waals surface area contributed by atoms with Gasteiger partial charge in [0.25, 0.3) is 5.91 Å². The monoisotopic (exact) mass is 374 g/mol. The van der Waals surface area contributed by atoms with Crippen LogP contribution in [0.25, 0.3) is 0 Å². The molecule has 2 aromatic rings. The number of methoxy groups -OCH3 is 3. The van der Waals surface area contributed by atoms with Crippen LogP contribution in [0.5, 0.6) is 17.2 Å². The molecule has 1 aromatic carbocycles. The van der Waals surface area contributed by atoms with Crippen molar-refractivity contribution in [3.8, 4) is 17.2 Å². The molecule has 0 aliphatic carbocycles. The number of carbonyl (C=O) groups excluding carboxylic acids is 1. The summed E-state index contributed by atoms with van der Waals surface area (Å²) in [7, 11) is 4.59. The maximum absolute atomic E-state index is 13.1. The predicted molar refractivity (Wildman–Crippen MR) is 94.3 cm³/mol. The topological polar surface area (TPSA) is 87.9 Å². The van der Waals surface area contributed by atoms with Crippen molar-refractivity contribution in [3.05, 3.63) is 29.6 Å². The number of hydrogen-bond donors (Lipinski definition) is 0. The number of rotatable bonds is 4. The van der Waals surface area contributed by atoms with Gasteiger partial charge in [-0.3, -0.25) is 4.79 Å². The van der Waals surface area contributed by atoms with Crippen molar-refractivity contribution in [2.24, 2.45) is 0 Å². The van der Waals surface area contributed by atoms with Gasteiger partial charge in [0.05, 0.1) is 52.0 Å². The molecule has 0 spiro atoms. The molecule has 3 heterocycles. The first-order valence-corrected chi connectivity index (χ1v) is 8.76. The molecule has 1 aromatic heterocycles. The van der Waals surface area contributed by atoms with Crippen molar-refractivity contribution >= 4 is 5.91 Å². The van der Waals surface area contributed by atoms with Crippen molar-refractivity contribution in [3.63, 3.8) is 0 Å². The van der Waals surface area contributed by atoms with E-state index >= 15 is 0 Å². The number of aromatic nitrogens is 3. The maximum atomic E-state index is 13.1. The Kier molecular flexibility index (Phi) is 4.61. The summed E-state index contributed by atoms with van der Waals surface area (Å²) in [5, 5.41) is 8.15. The van der Waals surface area contributed by atoms with Gasteiger partial charge < -0.3 is 23.8 Å². The van der Waals surface area contributed by atoms with E-state index in [9.17, 15) is 4.79 Å². The number of likely N-dealkylation sites (tertiary alicyclic amines) is 1. The van der Waals surface area contributed by atoms with E-state index in [2.05, 4.69) is 10.3 Å². The quantitative estimate of drug-likeness (QED) is 0.797. The van der Waals surface area contributed by atoms with E-state index in [1.165, 1.54) is 21.3 Å². The summed E-state index contributed by atoms with van der Waals surface area (Å²) in [6, 6.07) is 3.32. The molecule has 4 rings (SSSR count). The molecular weight excluding hydrogens is 352 g/mol. The van der Waals surface area contributed by atoms with Crippen LogP contribution in [0.3, 0.4) is 0 Å². The first-order valence-electron chi connectivity index (χ1n) is 8.76. The first kappa shape index (κ1) is 17.6. The molecule has 1 amide bonds. The van der Waals surface area contributed by atoms with Gasteiger partial charge in [0.15, 0.2) is 11.5 Å². The molecule has 0 radical (unpaired) electrons. The summed E-state index contributed by atoms with van der Waals surface area (Å²) in [6.07, 6.45) is 2.50. The maximum Gasteiger partial charge on any atom is 0.254 e. The average molecular weight is 374 g/mol. The SMILES string of the molecule is COc1cc(C(=O)N2CC[C@H]3OCc4cnnn4[C@H]3C2)cc(OC)c1OC. The van der Waals surface area contributed by atoms with E-state index < -0.39 is 0 Å². The highest BCUT2D eigenvalue weighted by molar-refractivity contribution is 5.95. The minimum absolute atomic E-state index is 0.0315. The van der Waals surface area contributed by atoms with Gasteiger partial charge in [-0.2, -0.15) is 0 Å². The van der Waals surface area contributed by atoms with Crippen LogP contribution in [-0.4, -0.2) is 66.3 Å². The number of ether oxygens (including phenoxy) is 4. The molecule has 2 aliphatic rings. The van der Waals surface area contributed by atoms with Crippen LogP contribution < -0.4 is 14.2 Å². The van der Waals surface area contributed by atoms with Crippen LogP contribution in [0.2, 0.25) is 0 Å². The molecule has 0 saturated carbocycles. The fourth-order valence-electron chi connectivity index (χ4n) is 3.75. The number of hydrogen-bond acceptors (Lipinski definition) is 7. The standard InChI is InChI=1S/C18H22N4O5/c1-24-15-6-11(7-16(25-2)17(15)26-3)18(23)21-5-4-14-13(9-21)22-12(10-27-14)8-19-20-22/h6-8,13-14H,4-5,9-10H2,1-3H3/t13-,14+/m0/s1. The van der Waals surface area contributed by atoms with Crippen molar-refractivity contribution < 1.29 is 23.7 Å². The number of amides is 1. The van der Waals surface area contributed by atoms with Crippen LogP contribution in [0.1, 0.15) is 28.5 Å².